The lowest BCUT2D eigenvalue weighted by molar-refractivity contribution is -0.140. The molecule has 0 aliphatic heterocycles. The summed E-state index contributed by atoms with van der Waals surface area (Å²) in [5.41, 5.74) is 4.59. The number of ether oxygens (including phenoxy) is 1. The predicted octanol–water partition coefficient (Wildman–Crippen LogP) is 6.39. The number of carbonyl (C=O) groups excluding carboxylic acids is 1. The van der Waals surface area contributed by atoms with Crippen molar-refractivity contribution < 1.29 is 32.2 Å². The van der Waals surface area contributed by atoms with Gasteiger partial charge in [0.15, 0.2) is 11.5 Å². The predicted molar refractivity (Wildman–Crippen MR) is 150 cm³/mol. The molecule has 0 saturated carbocycles. The molecular weight excluding hydrogens is 557 g/mol. The Hall–Kier alpha value is -4.00. The van der Waals surface area contributed by atoms with Gasteiger partial charge in [-0.25, -0.2) is 9.97 Å². The minimum Gasteiger partial charge on any atom is -0.494 e. The third kappa shape index (κ3) is 5.37. The SMILES string of the molecule is COc1ccc(-c2nc(C(=O)NC(c3csc4ccccc34)C(C)(C)O)c([C@H](C)N)o2)c2ccc(C(F)(F)F)nc12. The highest BCUT2D eigenvalue weighted by Crippen LogP contribution is 2.39. The lowest BCUT2D eigenvalue weighted by Crippen LogP contribution is -2.42. The molecule has 214 valence electrons. The second kappa shape index (κ2) is 10.4. The third-order valence-electron chi connectivity index (χ3n) is 6.65. The Morgan fingerprint density at radius 1 is 1.10 bits per heavy atom. The van der Waals surface area contributed by atoms with Gasteiger partial charge in [-0.1, -0.05) is 18.2 Å². The second-order valence-corrected chi connectivity index (χ2v) is 11.1. The number of aliphatic hydroxyl groups is 1. The van der Waals surface area contributed by atoms with E-state index in [1.807, 2.05) is 29.6 Å². The van der Waals surface area contributed by atoms with Crippen LogP contribution in [0.3, 0.4) is 0 Å². The summed E-state index contributed by atoms with van der Waals surface area (Å²) < 4.78 is 52.3. The van der Waals surface area contributed by atoms with E-state index in [0.29, 0.717) is 5.56 Å². The molecule has 0 bridgehead atoms. The van der Waals surface area contributed by atoms with Gasteiger partial charge in [-0.15, -0.1) is 11.3 Å². The van der Waals surface area contributed by atoms with Gasteiger partial charge in [0, 0.05) is 15.6 Å². The molecule has 0 saturated heterocycles. The van der Waals surface area contributed by atoms with E-state index in [9.17, 15) is 23.1 Å². The fourth-order valence-electron chi connectivity index (χ4n) is 4.68. The van der Waals surface area contributed by atoms with Gasteiger partial charge in [-0.3, -0.25) is 4.79 Å². The number of hydrogen-bond donors (Lipinski definition) is 3. The number of halogens is 3. The van der Waals surface area contributed by atoms with Gasteiger partial charge in [0.25, 0.3) is 5.91 Å². The quantitative estimate of drug-likeness (QED) is 0.202. The highest BCUT2D eigenvalue weighted by molar-refractivity contribution is 7.17. The number of alkyl halides is 3. The number of benzene rings is 2. The molecule has 0 spiro atoms. The molecule has 0 aliphatic carbocycles. The second-order valence-electron chi connectivity index (χ2n) is 10.2. The molecule has 8 nitrogen and oxygen atoms in total. The van der Waals surface area contributed by atoms with Crippen molar-refractivity contribution in [2.24, 2.45) is 5.73 Å². The summed E-state index contributed by atoms with van der Waals surface area (Å²) in [7, 11) is 1.33. The first-order valence-corrected chi connectivity index (χ1v) is 13.5. The van der Waals surface area contributed by atoms with Gasteiger partial charge in [0.05, 0.1) is 24.8 Å². The average Bonchev–Trinajstić information content (AvgIpc) is 3.55. The zero-order chi connectivity index (χ0) is 29.7. The van der Waals surface area contributed by atoms with Crippen LogP contribution in [0.25, 0.3) is 32.4 Å². The molecular formula is C29H27F3N4O4S. The molecule has 3 aromatic heterocycles. The van der Waals surface area contributed by atoms with E-state index in [2.05, 4.69) is 15.3 Å². The van der Waals surface area contributed by atoms with E-state index in [4.69, 9.17) is 14.9 Å². The van der Waals surface area contributed by atoms with Crippen molar-refractivity contribution in [2.75, 3.05) is 7.11 Å². The normalized spacial score (nSPS) is 13.9. The fourth-order valence-corrected chi connectivity index (χ4v) is 5.66. The molecule has 1 amide bonds. The summed E-state index contributed by atoms with van der Waals surface area (Å²) in [4.78, 5) is 21.9. The summed E-state index contributed by atoms with van der Waals surface area (Å²) in [5, 5.41) is 17.0. The molecule has 5 rings (SSSR count). The number of oxazole rings is 1. The first-order valence-electron chi connectivity index (χ1n) is 12.6. The van der Waals surface area contributed by atoms with Crippen molar-refractivity contribution >= 4 is 38.2 Å². The monoisotopic (exact) mass is 584 g/mol. The summed E-state index contributed by atoms with van der Waals surface area (Å²) in [6.07, 6.45) is -4.66. The lowest BCUT2D eigenvalue weighted by atomic mass is 9.91. The Morgan fingerprint density at radius 3 is 2.49 bits per heavy atom. The molecule has 41 heavy (non-hydrogen) atoms. The van der Waals surface area contributed by atoms with E-state index in [1.54, 1.807) is 26.8 Å². The van der Waals surface area contributed by atoms with Gasteiger partial charge in [-0.05, 0) is 67.4 Å². The highest BCUT2D eigenvalue weighted by Gasteiger charge is 2.35. The van der Waals surface area contributed by atoms with Crippen molar-refractivity contribution in [3.05, 3.63) is 76.6 Å². The highest BCUT2D eigenvalue weighted by atomic mass is 32.1. The van der Waals surface area contributed by atoms with Crippen LogP contribution in [0, 0.1) is 0 Å². The molecule has 0 fully saturated rings. The maximum absolute atomic E-state index is 13.7. The van der Waals surface area contributed by atoms with Gasteiger partial charge in [0.1, 0.15) is 17.0 Å². The van der Waals surface area contributed by atoms with Gasteiger partial charge in [0.2, 0.25) is 5.89 Å². The molecule has 0 radical (unpaired) electrons. The number of thiophene rings is 1. The smallest absolute Gasteiger partial charge is 0.433 e. The van der Waals surface area contributed by atoms with E-state index < -0.39 is 35.5 Å². The maximum atomic E-state index is 13.7. The summed E-state index contributed by atoms with van der Waals surface area (Å²) in [6, 6.07) is 11.2. The standard InChI is InChI=1S/C29H27F3N4O4S/c1-14(33)24-23(26(37)36-25(28(2,3)38)18-13-41-20-8-6-5-7-15(18)20)35-27(40-24)17-9-11-19(39-4)22-16(17)10-12-21(34-22)29(30,31)32/h5-14,25,38H,33H2,1-4H3,(H,36,37)/t14-,25?/m0/s1. The molecule has 5 aromatic rings. The van der Waals surface area contributed by atoms with Crippen LogP contribution in [0.4, 0.5) is 13.2 Å². The van der Waals surface area contributed by atoms with E-state index in [0.717, 1.165) is 21.7 Å². The van der Waals surface area contributed by atoms with Crippen LogP contribution in [0.1, 0.15) is 60.4 Å². The van der Waals surface area contributed by atoms with Crippen LogP contribution in [0.15, 0.2) is 58.3 Å². The van der Waals surface area contributed by atoms with Crippen LogP contribution in [-0.2, 0) is 6.18 Å². The number of methoxy groups -OCH3 is 1. The Bertz CT molecular complexity index is 1750. The van der Waals surface area contributed by atoms with Crippen molar-refractivity contribution in [3.8, 4) is 17.2 Å². The van der Waals surface area contributed by atoms with E-state index in [-0.39, 0.29) is 34.0 Å². The Labute approximate surface area is 237 Å². The zero-order valence-corrected chi connectivity index (χ0v) is 23.4. The largest absolute Gasteiger partial charge is 0.494 e. The van der Waals surface area contributed by atoms with Crippen molar-refractivity contribution in [2.45, 2.75) is 44.6 Å². The van der Waals surface area contributed by atoms with Crippen LogP contribution in [0.5, 0.6) is 5.75 Å². The minimum absolute atomic E-state index is 0.0301. The molecule has 3 heterocycles. The number of fused-ring (bicyclic) bond motifs is 2. The Morgan fingerprint density at radius 2 is 1.83 bits per heavy atom. The third-order valence-corrected chi connectivity index (χ3v) is 7.63. The van der Waals surface area contributed by atoms with Gasteiger partial charge >= 0.3 is 6.18 Å². The molecule has 2 atom stereocenters. The van der Waals surface area contributed by atoms with Gasteiger partial charge < -0.3 is 25.3 Å². The number of carbonyl (C=O) groups is 1. The molecule has 1 unspecified atom stereocenters. The number of aromatic nitrogens is 2. The van der Waals surface area contributed by atoms with Gasteiger partial charge in [-0.2, -0.15) is 13.2 Å². The average molecular weight is 585 g/mol. The number of amides is 1. The van der Waals surface area contributed by atoms with Crippen molar-refractivity contribution in [1.29, 1.82) is 0 Å². The number of nitrogens with one attached hydrogen (secondary N) is 1. The number of hydrogen-bond acceptors (Lipinski definition) is 8. The number of pyridine rings is 1. The van der Waals surface area contributed by atoms with Crippen molar-refractivity contribution in [3.63, 3.8) is 0 Å². The molecule has 12 heteroatoms. The summed E-state index contributed by atoms with van der Waals surface area (Å²) >= 11 is 1.49. The maximum Gasteiger partial charge on any atom is 0.433 e. The topological polar surface area (TPSA) is 124 Å². The molecule has 4 N–H and O–H groups in total. The Kier molecular flexibility index (Phi) is 7.26. The molecule has 0 aliphatic rings. The summed E-state index contributed by atoms with van der Waals surface area (Å²) in [6.45, 7) is 4.80. The van der Waals surface area contributed by atoms with Crippen LogP contribution in [0.2, 0.25) is 0 Å². The fraction of sp³-hybridized carbons (Fsp3) is 0.276. The number of rotatable bonds is 7. The van der Waals surface area contributed by atoms with Crippen LogP contribution < -0.4 is 15.8 Å². The van der Waals surface area contributed by atoms with Crippen LogP contribution in [-0.4, -0.2) is 33.7 Å². The first-order chi connectivity index (χ1) is 19.3. The zero-order valence-electron chi connectivity index (χ0n) is 22.5. The minimum atomic E-state index is -4.66. The first kappa shape index (κ1) is 28.5. The number of nitrogens with zero attached hydrogens (tertiary/aromatic N) is 2. The lowest BCUT2D eigenvalue weighted by Gasteiger charge is -2.30. The van der Waals surface area contributed by atoms with Crippen molar-refractivity contribution in [1.82, 2.24) is 15.3 Å². The summed E-state index contributed by atoms with van der Waals surface area (Å²) in [5.74, 6) is -0.462. The van der Waals surface area contributed by atoms with E-state index in [1.165, 1.54) is 30.6 Å². The number of nitrogens with two attached hydrogens (primary N) is 1. The van der Waals surface area contributed by atoms with E-state index >= 15 is 0 Å². The van der Waals surface area contributed by atoms with Crippen LogP contribution >= 0.6 is 11.3 Å². The Balaban J connectivity index is 1.58. The molecule has 2 aromatic carbocycles.